The van der Waals surface area contributed by atoms with Gasteiger partial charge >= 0.3 is 0 Å². The molecule has 0 bridgehead atoms. The molecule has 2 N–H and O–H groups in total. The Morgan fingerprint density at radius 3 is 2.59 bits per heavy atom. The van der Waals surface area contributed by atoms with E-state index in [1.165, 1.54) is 16.2 Å². The van der Waals surface area contributed by atoms with Crippen LogP contribution in [0.4, 0.5) is 5.95 Å². The maximum absolute atomic E-state index is 12.8. The van der Waals surface area contributed by atoms with Gasteiger partial charge in [-0.3, -0.25) is 4.79 Å². The maximum Gasteiger partial charge on any atom is 0.260 e. The van der Waals surface area contributed by atoms with E-state index < -0.39 is 0 Å². The number of piperazine rings is 1. The fraction of sp³-hybridized carbons (Fsp3) is 0.238. The van der Waals surface area contributed by atoms with Gasteiger partial charge in [0.1, 0.15) is 11.4 Å². The van der Waals surface area contributed by atoms with Crippen molar-refractivity contribution in [3.63, 3.8) is 0 Å². The van der Waals surface area contributed by atoms with Crippen molar-refractivity contribution >= 4 is 27.5 Å². The van der Waals surface area contributed by atoms with E-state index in [4.69, 9.17) is 4.98 Å². The van der Waals surface area contributed by atoms with Crippen molar-refractivity contribution < 1.29 is 4.90 Å². The summed E-state index contributed by atoms with van der Waals surface area (Å²) in [5.41, 5.74) is 1.94. The number of nitrogens with zero attached hydrogens (tertiary/aromatic N) is 4. The van der Waals surface area contributed by atoms with Gasteiger partial charge < -0.3 is 14.8 Å². The van der Waals surface area contributed by atoms with Gasteiger partial charge in [-0.1, -0.05) is 30.3 Å². The number of hydrogen-bond donors (Lipinski definition) is 2. The minimum atomic E-state index is -0.0548. The Bertz CT molecular complexity index is 1170. The third kappa shape index (κ3) is 3.64. The zero-order chi connectivity index (χ0) is 19.6. The minimum Gasteiger partial charge on any atom is -0.330 e. The second kappa shape index (κ2) is 7.73. The van der Waals surface area contributed by atoms with Crippen LogP contribution in [0.15, 0.2) is 59.0 Å². The number of quaternary nitrogens is 1. The second-order valence-electron chi connectivity index (χ2n) is 7.17. The molecule has 8 heteroatoms. The van der Waals surface area contributed by atoms with E-state index in [-0.39, 0.29) is 5.56 Å². The maximum atomic E-state index is 12.8. The molecule has 5 rings (SSSR count). The lowest BCUT2D eigenvalue weighted by Gasteiger charge is -2.31. The smallest absolute Gasteiger partial charge is 0.260 e. The average Bonchev–Trinajstić information content (AvgIpc) is 3.20. The molecule has 1 aliphatic heterocycles. The Hall–Kier alpha value is -3.10. The van der Waals surface area contributed by atoms with Crippen molar-refractivity contribution in [2.75, 3.05) is 31.1 Å². The fourth-order valence-electron chi connectivity index (χ4n) is 3.80. The number of rotatable bonds is 4. The van der Waals surface area contributed by atoms with Gasteiger partial charge in [-0.25, -0.2) is 15.0 Å². The standard InChI is InChI=1S/C21H20N6OS/c28-19-18-16(15-5-2-1-3-6-15)14-29-20(18)25-17(24-19)13-26-9-11-27(12-10-26)21-22-7-4-8-23-21/h1-8,14H,9-13H2,(H,24,25,28)/p+1. The lowest BCUT2D eigenvalue weighted by Crippen LogP contribution is -3.13. The van der Waals surface area contributed by atoms with Crippen LogP contribution in [0.1, 0.15) is 5.82 Å². The van der Waals surface area contributed by atoms with Crippen LogP contribution in [-0.4, -0.2) is 46.1 Å². The van der Waals surface area contributed by atoms with Crippen molar-refractivity contribution in [1.29, 1.82) is 0 Å². The Labute approximate surface area is 171 Å². The summed E-state index contributed by atoms with van der Waals surface area (Å²) in [5, 5.41) is 2.71. The SMILES string of the molecule is O=c1[nH]c(C[NH+]2CCN(c3ncccn3)CC2)nc2scc(-c3ccccc3)c12. The lowest BCUT2D eigenvalue weighted by molar-refractivity contribution is -0.915. The first-order valence-corrected chi connectivity index (χ1v) is 10.6. The Morgan fingerprint density at radius 1 is 1.07 bits per heavy atom. The van der Waals surface area contributed by atoms with Gasteiger partial charge in [-0.15, -0.1) is 11.3 Å². The predicted octanol–water partition coefficient (Wildman–Crippen LogP) is 1.35. The highest BCUT2D eigenvalue weighted by atomic mass is 32.1. The molecule has 0 saturated carbocycles. The van der Waals surface area contributed by atoms with Crippen molar-refractivity contribution in [1.82, 2.24) is 19.9 Å². The largest absolute Gasteiger partial charge is 0.330 e. The molecule has 0 unspecified atom stereocenters. The Kier molecular flexibility index (Phi) is 4.79. The highest BCUT2D eigenvalue weighted by Crippen LogP contribution is 2.30. The van der Waals surface area contributed by atoms with Gasteiger partial charge in [0.15, 0.2) is 5.82 Å². The second-order valence-corrected chi connectivity index (χ2v) is 8.03. The first-order chi connectivity index (χ1) is 14.3. The van der Waals surface area contributed by atoms with Crippen LogP contribution in [0.25, 0.3) is 21.3 Å². The fourth-order valence-corrected chi connectivity index (χ4v) is 4.77. The van der Waals surface area contributed by atoms with Gasteiger partial charge in [0.25, 0.3) is 5.56 Å². The normalized spacial score (nSPS) is 15.1. The minimum absolute atomic E-state index is 0.0548. The van der Waals surface area contributed by atoms with Gasteiger partial charge in [-0.2, -0.15) is 0 Å². The first kappa shape index (κ1) is 18.0. The zero-order valence-electron chi connectivity index (χ0n) is 15.8. The van der Waals surface area contributed by atoms with E-state index in [1.807, 2.05) is 41.8 Å². The van der Waals surface area contributed by atoms with Crippen LogP contribution in [0.3, 0.4) is 0 Å². The molecular weight excluding hydrogens is 384 g/mol. The number of H-pyrrole nitrogens is 1. The molecule has 146 valence electrons. The molecule has 0 spiro atoms. The number of fused-ring (bicyclic) bond motifs is 1. The van der Waals surface area contributed by atoms with Gasteiger partial charge in [0.2, 0.25) is 5.95 Å². The molecule has 0 radical (unpaired) electrons. The summed E-state index contributed by atoms with van der Waals surface area (Å²) in [6.07, 6.45) is 3.55. The van der Waals surface area contributed by atoms with Crippen LogP contribution in [0.2, 0.25) is 0 Å². The third-order valence-electron chi connectivity index (χ3n) is 5.30. The molecule has 0 amide bonds. The summed E-state index contributed by atoms with van der Waals surface area (Å²) >= 11 is 1.53. The monoisotopic (exact) mass is 405 g/mol. The number of nitrogens with one attached hydrogen (secondary N) is 2. The van der Waals surface area contributed by atoms with Gasteiger partial charge in [-0.05, 0) is 11.6 Å². The quantitative estimate of drug-likeness (QED) is 0.536. The van der Waals surface area contributed by atoms with Crippen LogP contribution >= 0.6 is 11.3 Å². The molecule has 1 saturated heterocycles. The first-order valence-electron chi connectivity index (χ1n) is 9.69. The number of aromatic amines is 1. The van der Waals surface area contributed by atoms with Crippen molar-refractivity contribution in [3.8, 4) is 11.1 Å². The Morgan fingerprint density at radius 2 is 1.83 bits per heavy atom. The molecule has 3 aromatic heterocycles. The molecule has 1 fully saturated rings. The Balaban J connectivity index is 1.33. The summed E-state index contributed by atoms with van der Waals surface area (Å²) in [6.45, 7) is 4.42. The van der Waals surface area contributed by atoms with Crippen LogP contribution < -0.4 is 15.4 Å². The summed E-state index contributed by atoms with van der Waals surface area (Å²) < 4.78 is 0. The van der Waals surface area contributed by atoms with E-state index in [1.54, 1.807) is 12.4 Å². The topological polar surface area (TPSA) is 79.2 Å². The van der Waals surface area contributed by atoms with E-state index in [9.17, 15) is 4.79 Å². The molecular formula is C21H21N6OS+. The predicted molar refractivity (Wildman–Crippen MR) is 114 cm³/mol. The van der Waals surface area contributed by atoms with Gasteiger partial charge in [0, 0.05) is 23.3 Å². The highest BCUT2D eigenvalue weighted by molar-refractivity contribution is 7.17. The van der Waals surface area contributed by atoms with Crippen LogP contribution in [0.5, 0.6) is 0 Å². The highest BCUT2D eigenvalue weighted by Gasteiger charge is 2.23. The van der Waals surface area contributed by atoms with Crippen molar-refractivity contribution in [3.05, 3.63) is 70.4 Å². The van der Waals surface area contributed by atoms with E-state index in [0.29, 0.717) is 11.9 Å². The number of aromatic nitrogens is 4. The van der Waals surface area contributed by atoms with E-state index in [0.717, 1.165) is 53.9 Å². The van der Waals surface area contributed by atoms with Crippen LogP contribution in [0, 0.1) is 0 Å². The van der Waals surface area contributed by atoms with E-state index >= 15 is 0 Å². The average molecular weight is 406 g/mol. The zero-order valence-corrected chi connectivity index (χ0v) is 16.7. The summed E-state index contributed by atoms with van der Waals surface area (Å²) in [6, 6.07) is 11.8. The van der Waals surface area contributed by atoms with E-state index in [2.05, 4.69) is 19.9 Å². The number of benzene rings is 1. The summed E-state index contributed by atoms with van der Waals surface area (Å²) in [7, 11) is 0. The number of thiophene rings is 1. The summed E-state index contributed by atoms with van der Waals surface area (Å²) in [4.78, 5) is 33.7. The van der Waals surface area contributed by atoms with Crippen molar-refractivity contribution in [2.24, 2.45) is 0 Å². The van der Waals surface area contributed by atoms with Crippen molar-refractivity contribution in [2.45, 2.75) is 6.54 Å². The molecule has 4 aromatic rings. The number of anilines is 1. The molecule has 1 aromatic carbocycles. The summed E-state index contributed by atoms with van der Waals surface area (Å²) in [5.74, 6) is 1.54. The van der Waals surface area contributed by atoms with Gasteiger partial charge in [0.05, 0.1) is 31.6 Å². The molecule has 29 heavy (non-hydrogen) atoms. The molecule has 7 nitrogen and oxygen atoms in total. The third-order valence-corrected chi connectivity index (χ3v) is 6.17. The molecule has 1 aliphatic rings. The molecule has 0 aliphatic carbocycles. The number of hydrogen-bond acceptors (Lipinski definition) is 6. The lowest BCUT2D eigenvalue weighted by atomic mass is 10.1. The van der Waals surface area contributed by atoms with Crippen LogP contribution in [-0.2, 0) is 6.54 Å². The molecule has 0 atom stereocenters. The molecule has 4 heterocycles.